The third kappa shape index (κ3) is 5.00. The number of hydrogen-bond donors (Lipinski definition) is 3. The van der Waals surface area contributed by atoms with E-state index in [0.717, 1.165) is 22.1 Å². The molecule has 0 aliphatic carbocycles. The minimum absolute atomic E-state index is 0.130. The number of hydrogen-bond acceptors (Lipinski definition) is 5. The fourth-order valence-electron chi connectivity index (χ4n) is 2.85. The molecule has 0 radical (unpaired) electrons. The van der Waals surface area contributed by atoms with Gasteiger partial charge < -0.3 is 25.0 Å². The first-order valence-corrected chi connectivity index (χ1v) is 8.95. The minimum atomic E-state index is -1.17. The molecule has 0 fully saturated rings. The van der Waals surface area contributed by atoms with Crippen molar-refractivity contribution < 1.29 is 24.5 Å². The van der Waals surface area contributed by atoms with Crippen LogP contribution in [0.2, 0.25) is 0 Å². The van der Waals surface area contributed by atoms with Crippen molar-refractivity contribution in [3.05, 3.63) is 77.9 Å². The van der Waals surface area contributed by atoms with E-state index in [2.05, 4.69) is 5.32 Å². The monoisotopic (exact) mass is 381 g/mol. The van der Waals surface area contributed by atoms with E-state index in [0.29, 0.717) is 5.56 Å². The van der Waals surface area contributed by atoms with Crippen molar-refractivity contribution >= 4 is 16.9 Å². The molecule has 0 heterocycles. The van der Waals surface area contributed by atoms with Crippen LogP contribution in [0, 0.1) is 0 Å². The summed E-state index contributed by atoms with van der Waals surface area (Å²) in [5, 5.41) is 25.0. The van der Waals surface area contributed by atoms with Crippen molar-refractivity contribution in [1.82, 2.24) is 5.32 Å². The van der Waals surface area contributed by atoms with E-state index in [1.807, 2.05) is 54.6 Å². The Bertz CT molecular complexity index is 929. The molecule has 0 saturated carbocycles. The molecular formula is C22H23NO5. The number of aliphatic hydroxyl groups excluding tert-OH is 2. The Hall–Kier alpha value is -3.09. The minimum Gasteiger partial charge on any atom is -0.497 e. The highest BCUT2D eigenvalue weighted by molar-refractivity contribution is 5.84. The van der Waals surface area contributed by atoms with Gasteiger partial charge in [0.25, 0.3) is 0 Å². The summed E-state index contributed by atoms with van der Waals surface area (Å²) in [5.74, 6) is 0.749. The van der Waals surface area contributed by atoms with Gasteiger partial charge in [-0.3, -0.25) is 0 Å². The van der Waals surface area contributed by atoms with Crippen LogP contribution in [-0.2, 0) is 11.3 Å². The molecule has 0 bridgehead atoms. The molecule has 0 saturated heterocycles. The molecular weight excluding hydrogens is 358 g/mol. The number of methoxy groups -OCH3 is 1. The average molecular weight is 381 g/mol. The summed E-state index contributed by atoms with van der Waals surface area (Å²) >= 11 is 0. The molecule has 146 valence electrons. The second-order valence-corrected chi connectivity index (χ2v) is 6.43. The largest absolute Gasteiger partial charge is 0.497 e. The molecule has 6 heteroatoms. The predicted octanol–water partition coefficient (Wildman–Crippen LogP) is 3.17. The summed E-state index contributed by atoms with van der Waals surface area (Å²) in [6.45, 7) is 0.00883. The number of carbonyl (C=O) groups excluding carboxylic acids is 1. The van der Waals surface area contributed by atoms with Gasteiger partial charge in [-0.15, -0.1) is 0 Å². The molecule has 6 nitrogen and oxygen atoms in total. The van der Waals surface area contributed by atoms with Crippen LogP contribution in [0.15, 0.2) is 66.7 Å². The van der Waals surface area contributed by atoms with Crippen molar-refractivity contribution in [3.63, 3.8) is 0 Å². The number of fused-ring (bicyclic) bond motifs is 1. The normalized spacial score (nSPS) is 13.0. The number of carbonyl (C=O) groups is 1. The van der Waals surface area contributed by atoms with Gasteiger partial charge >= 0.3 is 6.09 Å². The maximum absolute atomic E-state index is 11.8. The second-order valence-electron chi connectivity index (χ2n) is 6.43. The predicted molar refractivity (Wildman–Crippen MR) is 106 cm³/mol. The van der Waals surface area contributed by atoms with Gasteiger partial charge in [-0.2, -0.15) is 0 Å². The molecule has 3 N–H and O–H groups in total. The van der Waals surface area contributed by atoms with Crippen molar-refractivity contribution in [3.8, 4) is 5.75 Å². The molecule has 3 aromatic carbocycles. The Balaban J connectivity index is 1.54. The van der Waals surface area contributed by atoms with Crippen molar-refractivity contribution in [2.24, 2.45) is 0 Å². The van der Waals surface area contributed by atoms with Crippen LogP contribution in [0.25, 0.3) is 10.8 Å². The Morgan fingerprint density at radius 3 is 2.46 bits per heavy atom. The molecule has 1 amide bonds. The topological polar surface area (TPSA) is 88.0 Å². The second kappa shape index (κ2) is 9.21. The van der Waals surface area contributed by atoms with Gasteiger partial charge in [-0.25, -0.2) is 4.79 Å². The highest BCUT2D eigenvalue weighted by Crippen LogP contribution is 2.25. The van der Waals surface area contributed by atoms with Gasteiger partial charge in [0.2, 0.25) is 0 Å². The fourth-order valence-corrected chi connectivity index (χ4v) is 2.85. The zero-order valence-electron chi connectivity index (χ0n) is 15.5. The highest BCUT2D eigenvalue weighted by atomic mass is 16.5. The SMILES string of the molecule is COc1ccc2cc(C(O)C(O)CNC(=O)OCc3ccccc3)ccc2c1. The lowest BCUT2D eigenvalue weighted by Crippen LogP contribution is -2.35. The smallest absolute Gasteiger partial charge is 0.407 e. The molecule has 0 aromatic heterocycles. The average Bonchev–Trinajstić information content (AvgIpc) is 2.75. The third-order valence-electron chi connectivity index (χ3n) is 4.45. The number of amides is 1. The van der Waals surface area contributed by atoms with Gasteiger partial charge in [0, 0.05) is 6.54 Å². The summed E-state index contributed by atoms with van der Waals surface area (Å²) in [7, 11) is 1.60. The molecule has 3 aromatic rings. The van der Waals surface area contributed by atoms with Crippen molar-refractivity contribution in [2.75, 3.05) is 13.7 Å². The van der Waals surface area contributed by atoms with Crippen LogP contribution in [-0.4, -0.2) is 36.1 Å². The standard InChI is InChI=1S/C22H23NO5/c1-27-19-10-9-16-11-18(8-7-17(16)12-19)21(25)20(24)13-23-22(26)28-14-15-5-3-2-4-6-15/h2-12,20-21,24-25H,13-14H2,1H3,(H,23,26). The van der Waals surface area contributed by atoms with E-state index in [9.17, 15) is 15.0 Å². The molecule has 2 atom stereocenters. The summed E-state index contributed by atoms with van der Waals surface area (Å²) in [6.07, 6.45) is -2.96. The number of rotatable bonds is 7. The van der Waals surface area contributed by atoms with E-state index in [4.69, 9.17) is 9.47 Å². The van der Waals surface area contributed by atoms with Gasteiger partial charge in [-0.1, -0.05) is 48.5 Å². The van der Waals surface area contributed by atoms with Crippen LogP contribution in [0.3, 0.4) is 0 Å². The lowest BCUT2D eigenvalue weighted by molar-refractivity contribution is 0.0185. The Morgan fingerprint density at radius 1 is 1.00 bits per heavy atom. The molecule has 3 rings (SSSR count). The molecule has 0 aliphatic heterocycles. The van der Waals surface area contributed by atoms with Crippen molar-refractivity contribution in [2.45, 2.75) is 18.8 Å². The molecule has 0 spiro atoms. The lowest BCUT2D eigenvalue weighted by atomic mass is 10.00. The maximum atomic E-state index is 11.8. The van der Waals surface area contributed by atoms with Gasteiger partial charge in [0.1, 0.15) is 24.6 Å². The number of alkyl carbamates (subject to hydrolysis) is 1. The van der Waals surface area contributed by atoms with Gasteiger partial charge in [-0.05, 0) is 40.1 Å². The van der Waals surface area contributed by atoms with Crippen LogP contribution < -0.4 is 10.1 Å². The van der Waals surface area contributed by atoms with E-state index in [-0.39, 0.29) is 13.2 Å². The first-order valence-electron chi connectivity index (χ1n) is 8.95. The Kier molecular flexibility index (Phi) is 6.47. The van der Waals surface area contributed by atoms with Crippen LogP contribution in [0.4, 0.5) is 4.79 Å². The van der Waals surface area contributed by atoms with Crippen LogP contribution in [0.1, 0.15) is 17.2 Å². The van der Waals surface area contributed by atoms with Gasteiger partial charge in [0.05, 0.1) is 7.11 Å². The number of nitrogens with one attached hydrogen (secondary N) is 1. The highest BCUT2D eigenvalue weighted by Gasteiger charge is 2.19. The van der Waals surface area contributed by atoms with Gasteiger partial charge in [0.15, 0.2) is 0 Å². The molecule has 2 unspecified atom stereocenters. The Labute approximate surface area is 163 Å². The quantitative estimate of drug-likeness (QED) is 0.585. The maximum Gasteiger partial charge on any atom is 0.407 e. The fraction of sp³-hybridized carbons (Fsp3) is 0.227. The first-order chi connectivity index (χ1) is 13.6. The summed E-state index contributed by atoms with van der Waals surface area (Å²) < 4.78 is 10.3. The lowest BCUT2D eigenvalue weighted by Gasteiger charge is -2.19. The zero-order valence-corrected chi connectivity index (χ0v) is 15.5. The Morgan fingerprint density at radius 2 is 1.71 bits per heavy atom. The van der Waals surface area contributed by atoms with E-state index in [1.54, 1.807) is 19.2 Å². The summed E-state index contributed by atoms with van der Waals surface area (Å²) in [5.41, 5.74) is 1.43. The van der Waals surface area contributed by atoms with E-state index < -0.39 is 18.3 Å². The van der Waals surface area contributed by atoms with E-state index in [1.165, 1.54) is 0 Å². The van der Waals surface area contributed by atoms with Crippen LogP contribution >= 0.6 is 0 Å². The third-order valence-corrected chi connectivity index (χ3v) is 4.45. The number of aliphatic hydroxyl groups is 2. The number of ether oxygens (including phenoxy) is 2. The zero-order chi connectivity index (χ0) is 19.9. The summed E-state index contributed by atoms with van der Waals surface area (Å²) in [4.78, 5) is 11.8. The van der Waals surface area contributed by atoms with Crippen molar-refractivity contribution in [1.29, 1.82) is 0 Å². The molecule has 28 heavy (non-hydrogen) atoms. The molecule has 0 aliphatic rings. The number of benzene rings is 3. The summed E-state index contributed by atoms with van der Waals surface area (Å²) in [6, 6.07) is 20.3. The van der Waals surface area contributed by atoms with E-state index >= 15 is 0 Å². The first kappa shape index (κ1) is 19.7. The van der Waals surface area contributed by atoms with Crippen LogP contribution in [0.5, 0.6) is 5.75 Å².